The van der Waals surface area contributed by atoms with Gasteiger partial charge in [-0.1, -0.05) is 0 Å². The van der Waals surface area contributed by atoms with Crippen LogP contribution in [-0.4, -0.2) is 21.2 Å². The fourth-order valence-electron chi connectivity index (χ4n) is 1.53. The Kier molecular flexibility index (Phi) is 4.13. The number of thioether (sulfide) groups is 1. The number of alkyl halides is 3. The average molecular weight is 321 g/mol. The summed E-state index contributed by atoms with van der Waals surface area (Å²) in [5, 5.41) is -0.0291. The number of pyridine rings is 1. The van der Waals surface area contributed by atoms with E-state index in [2.05, 4.69) is 15.0 Å². The van der Waals surface area contributed by atoms with Crippen molar-refractivity contribution >= 4 is 11.8 Å². The fourth-order valence-corrected chi connectivity index (χ4v) is 2.04. The van der Waals surface area contributed by atoms with Crippen molar-refractivity contribution in [3.8, 4) is 11.5 Å². The van der Waals surface area contributed by atoms with Gasteiger partial charge in [-0.3, -0.25) is 0 Å². The number of hydrogen-bond acceptors (Lipinski definition) is 4. The van der Waals surface area contributed by atoms with E-state index in [0.717, 1.165) is 11.8 Å². The first-order valence-electron chi connectivity index (χ1n) is 5.55. The molecule has 0 N–H and O–H groups in total. The van der Waals surface area contributed by atoms with Gasteiger partial charge in [0, 0.05) is 6.20 Å². The second-order valence-corrected chi connectivity index (χ2v) is 4.80. The minimum absolute atomic E-state index is 0.0291. The Hall–Kier alpha value is -1.77. The molecule has 0 fully saturated rings. The molecule has 21 heavy (non-hydrogen) atoms. The van der Waals surface area contributed by atoms with E-state index in [1.54, 1.807) is 6.26 Å². The lowest BCUT2D eigenvalue weighted by molar-refractivity contribution is -0.138. The molecule has 0 aliphatic carbocycles. The lowest BCUT2D eigenvalue weighted by Crippen LogP contribution is -2.08. The van der Waals surface area contributed by atoms with Gasteiger partial charge in [0.05, 0.1) is 11.3 Å². The number of aromatic nitrogens is 3. The van der Waals surface area contributed by atoms with Crippen molar-refractivity contribution < 1.29 is 22.0 Å². The molecule has 2 aromatic heterocycles. The monoisotopic (exact) mass is 321 g/mol. The van der Waals surface area contributed by atoms with E-state index in [0.29, 0.717) is 12.3 Å². The highest BCUT2D eigenvalue weighted by Gasteiger charge is 2.32. The maximum atomic E-state index is 13.8. The smallest absolute Gasteiger partial charge is 0.249 e. The number of aryl methyl sites for hydroxylation is 1. The van der Waals surface area contributed by atoms with Crippen LogP contribution in [0.1, 0.15) is 11.3 Å². The van der Waals surface area contributed by atoms with Crippen LogP contribution in [0.3, 0.4) is 0 Å². The molecule has 0 radical (unpaired) electrons. The molecule has 0 spiro atoms. The zero-order valence-corrected chi connectivity index (χ0v) is 11.6. The summed E-state index contributed by atoms with van der Waals surface area (Å²) in [7, 11) is 0. The van der Waals surface area contributed by atoms with E-state index in [1.807, 2.05) is 0 Å². The van der Waals surface area contributed by atoms with Crippen LogP contribution in [0.2, 0.25) is 0 Å². The van der Waals surface area contributed by atoms with Gasteiger partial charge < -0.3 is 0 Å². The van der Waals surface area contributed by atoms with E-state index in [9.17, 15) is 22.0 Å². The second kappa shape index (κ2) is 5.55. The Balaban J connectivity index is 2.55. The van der Waals surface area contributed by atoms with Gasteiger partial charge in [-0.25, -0.2) is 23.7 Å². The molecule has 0 saturated carbocycles. The minimum atomic E-state index is -4.70. The molecule has 0 atom stereocenters. The number of nitrogens with zero attached hydrogens (tertiary/aromatic N) is 3. The van der Waals surface area contributed by atoms with Crippen LogP contribution in [-0.2, 0) is 6.18 Å². The molecular weight excluding hydrogens is 313 g/mol. The van der Waals surface area contributed by atoms with E-state index in [-0.39, 0.29) is 16.5 Å². The molecule has 0 unspecified atom stereocenters. The van der Waals surface area contributed by atoms with Gasteiger partial charge in [0.2, 0.25) is 0 Å². The zero-order valence-electron chi connectivity index (χ0n) is 10.8. The third-order valence-corrected chi connectivity index (χ3v) is 3.22. The summed E-state index contributed by atoms with van der Waals surface area (Å²) in [6.45, 7) is 1.35. The second-order valence-electron chi connectivity index (χ2n) is 4.01. The van der Waals surface area contributed by atoms with Gasteiger partial charge in [-0.05, 0) is 19.2 Å². The third kappa shape index (κ3) is 3.12. The molecule has 0 saturated heterocycles. The normalized spacial score (nSPS) is 11.8. The first-order valence-corrected chi connectivity index (χ1v) is 6.77. The Bertz CT molecular complexity index is 687. The molecule has 2 aromatic rings. The highest BCUT2D eigenvalue weighted by molar-refractivity contribution is 7.98. The summed E-state index contributed by atoms with van der Waals surface area (Å²) < 4.78 is 64.7. The van der Waals surface area contributed by atoms with Crippen molar-refractivity contribution in [2.24, 2.45) is 0 Å². The van der Waals surface area contributed by atoms with Crippen LogP contribution < -0.4 is 0 Å². The lowest BCUT2D eigenvalue weighted by Gasteiger charge is -2.09. The maximum Gasteiger partial charge on any atom is 0.417 e. The van der Waals surface area contributed by atoms with Crippen LogP contribution in [0.5, 0.6) is 0 Å². The molecule has 3 nitrogen and oxygen atoms in total. The van der Waals surface area contributed by atoms with Crippen molar-refractivity contribution in [2.75, 3.05) is 6.26 Å². The van der Waals surface area contributed by atoms with Crippen molar-refractivity contribution in [1.29, 1.82) is 0 Å². The van der Waals surface area contributed by atoms with Crippen molar-refractivity contribution in [3.63, 3.8) is 0 Å². The van der Waals surface area contributed by atoms with Gasteiger partial charge in [0.1, 0.15) is 10.7 Å². The molecular formula is C12H8F5N3S. The van der Waals surface area contributed by atoms with E-state index in [4.69, 9.17) is 0 Å². The molecule has 2 rings (SSSR count). The van der Waals surface area contributed by atoms with Crippen LogP contribution in [0.4, 0.5) is 22.0 Å². The van der Waals surface area contributed by atoms with Gasteiger partial charge in [-0.2, -0.15) is 13.2 Å². The zero-order chi connectivity index (χ0) is 15.8. The molecule has 0 amide bonds. The molecule has 0 bridgehead atoms. The third-order valence-electron chi connectivity index (χ3n) is 2.56. The summed E-state index contributed by atoms with van der Waals surface area (Å²) in [5.74, 6) is -2.13. The molecule has 0 aliphatic heterocycles. The van der Waals surface area contributed by atoms with Crippen molar-refractivity contribution in [3.05, 3.63) is 35.2 Å². The summed E-state index contributed by atoms with van der Waals surface area (Å²) in [4.78, 5) is 10.9. The van der Waals surface area contributed by atoms with E-state index in [1.165, 1.54) is 6.92 Å². The Labute approximate surface area is 120 Å². The van der Waals surface area contributed by atoms with Crippen molar-refractivity contribution in [2.45, 2.75) is 18.1 Å². The summed E-state index contributed by atoms with van der Waals surface area (Å²) in [5.41, 5.74) is -1.71. The Morgan fingerprint density at radius 1 is 1.14 bits per heavy atom. The minimum Gasteiger partial charge on any atom is -0.249 e. The predicted octanol–water partition coefficient (Wildman–Crippen LogP) is 3.87. The molecule has 9 heteroatoms. The highest BCUT2D eigenvalue weighted by Crippen LogP contribution is 2.31. The summed E-state index contributed by atoms with van der Waals surface area (Å²) in [6, 6.07) is 0.309. The highest BCUT2D eigenvalue weighted by atomic mass is 32.2. The molecule has 112 valence electrons. The standard InChI is InChI=1S/C12H8F5N3S/c1-5-8(14)11(21-2)20-10(19-5)9-7(13)3-6(4-18-9)12(15,16)17/h3-4H,1-2H3. The van der Waals surface area contributed by atoms with Crippen LogP contribution >= 0.6 is 11.8 Å². The fraction of sp³-hybridized carbons (Fsp3) is 0.250. The summed E-state index contributed by atoms with van der Waals surface area (Å²) >= 11 is 0.975. The first-order chi connectivity index (χ1) is 9.74. The van der Waals surface area contributed by atoms with Crippen LogP contribution in [0, 0.1) is 18.6 Å². The first kappa shape index (κ1) is 15.6. The quantitative estimate of drug-likeness (QED) is 0.478. The lowest BCUT2D eigenvalue weighted by atomic mass is 10.2. The van der Waals surface area contributed by atoms with E-state index < -0.39 is 29.1 Å². The Morgan fingerprint density at radius 3 is 2.33 bits per heavy atom. The largest absolute Gasteiger partial charge is 0.417 e. The number of rotatable bonds is 2. The number of hydrogen-bond donors (Lipinski definition) is 0. The van der Waals surface area contributed by atoms with Gasteiger partial charge in [0.15, 0.2) is 17.5 Å². The summed E-state index contributed by atoms with van der Waals surface area (Å²) in [6.07, 6.45) is -2.65. The average Bonchev–Trinajstić information content (AvgIpc) is 2.40. The van der Waals surface area contributed by atoms with Gasteiger partial charge in [-0.15, -0.1) is 11.8 Å². The van der Waals surface area contributed by atoms with Gasteiger partial charge in [0.25, 0.3) is 0 Å². The molecule has 0 aliphatic rings. The van der Waals surface area contributed by atoms with Crippen LogP contribution in [0.25, 0.3) is 11.5 Å². The molecule has 0 aromatic carbocycles. The van der Waals surface area contributed by atoms with Gasteiger partial charge >= 0.3 is 6.18 Å². The SMILES string of the molecule is CSc1nc(-c2ncc(C(F)(F)F)cc2F)nc(C)c1F. The van der Waals surface area contributed by atoms with Crippen molar-refractivity contribution in [1.82, 2.24) is 15.0 Å². The molecule has 2 heterocycles. The maximum absolute atomic E-state index is 13.8. The van der Waals surface area contributed by atoms with E-state index >= 15 is 0 Å². The van der Waals surface area contributed by atoms with Crippen LogP contribution in [0.15, 0.2) is 17.3 Å². The predicted molar refractivity (Wildman–Crippen MR) is 66.7 cm³/mol. The number of halogens is 5. The Morgan fingerprint density at radius 2 is 1.81 bits per heavy atom. The topological polar surface area (TPSA) is 38.7 Å².